The molecule has 1 saturated heterocycles. The van der Waals surface area contributed by atoms with Crippen LogP contribution in [-0.4, -0.2) is 24.0 Å². The molecule has 1 amide bonds. The molecule has 2 heterocycles. The Balaban J connectivity index is 1.64. The summed E-state index contributed by atoms with van der Waals surface area (Å²) in [7, 11) is 0. The minimum Gasteiger partial charge on any atom is -0.349 e. The molecule has 21 heavy (non-hydrogen) atoms. The van der Waals surface area contributed by atoms with E-state index in [1.165, 1.54) is 32.1 Å². The number of carbonyl (C=O) groups is 1. The lowest BCUT2D eigenvalue weighted by atomic mass is 9.75. The highest BCUT2D eigenvalue weighted by Gasteiger charge is 2.37. The number of thiophene rings is 1. The van der Waals surface area contributed by atoms with Crippen molar-refractivity contribution >= 4 is 49.1 Å². The van der Waals surface area contributed by atoms with Crippen LogP contribution in [-0.2, 0) is 0 Å². The molecule has 1 aromatic heterocycles. The van der Waals surface area contributed by atoms with Crippen molar-refractivity contribution in [3.63, 3.8) is 0 Å². The van der Waals surface area contributed by atoms with Gasteiger partial charge in [-0.1, -0.05) is 19.3 Å². The predicted octanol–water partition coefficient (Wildman–Crippen LogP) is 4.46. The third-order valence-corrected chi connectivity index (χ3v) is 7.02. The van der Waals surface area contributed by atoms with Crippen molar-refractivity contribution in [2.75, 3.05) is 6.54 Å². The zero-order chi connectivity index (χ0) is 14.9. The zero-order valence-electron chi connectivity index (χ0n) is 11.9. The van der Waals surface area contributed by atoms with Gasteiger partial charge in [-0.05, 0) is 70.2 Å². The smallest absolute Gasteiger partial charge is 0.253 e. The molecular weight excluding hydrogens is 416 g/mol. The molecule has 1 aromatic rings. The summed E-state index contributed by atoms with van der Waals surface area (Å²) in [6.07, 6.45) is 8.60. The summed E-state index contributed by atoms with van der Waals surface area (Å²) >= 11 is 8.44. The van der Waals surface area contributed by atoms with Crippen molar-refractivity contribution in [1.82, 2.24) is 10.6 Å². The molecule has 1 saturated carbocycles. The van der Waals surface area contributed by atoms with Crippen molar-refractivity contribution in [2.24, 2.45) is 0 Å². The van der Waals surface area contributed by atoms with Gasteiger partial charge in [-0.2, -0.15) is 0 Å². The minimum atomic E-state index is 0.0432. The van der Waals surface area contributed by atoms with Crippen LogP contribution in [0.5, 0.6) is 0 Å². The molecule has 1 aliphatic heterocycles. The monoisotopic (exact) mass is 434 g/mol. The fraction of sp³-hybridized carbons (Fsp3) is 0.667. The summed E-state index contributed by atoms with van der Waals surface area (Å²) in [6, 6.07) is 2.18. The van der Waals surface area contributed by atoms with Crippen molar-refractivity contribution in [2.45, 2.75) is 56.5 Å². The number of halogens is 2. The lowest BCUT2D eigenvalue weighted by molar-refractivity contribution is 0.0892. The fourth-order valence-electron chi connectivity index (χ4n) is 3.65. The fourth-order valence-corrected chi connectivity index (χ4v) is 6.44. The number of carbonyl (C=O) groups excluding carboxylic acids is 1. The van der Waals surface area contributed by atoms with Crippen molar-refractivity contribution < 1.29 is 4.79 Å². The van der Waals surface area contributed by atoms with Gasteiger partial charge in [0.15, 0.2) is 0 Å². The molecule has 3 nitrogen and oxygen atoms in total. The molecule has 2 N–H and O–H groups in total. The molecule has 2 fully saturated rings. The normalized spacial score (nSPS) is 25.0. The maximum atomic E-state index is 12.4. The summed E-state index contributed by atoms with van der Waals surface area (Å²) < 4.78 is 1.88. The first-order valence-electron chi connectivity index (χ1n) is 7.59. The Hall–Kier alpha value is 0.0900. The molecule has 2 aliphatic rings. The Bertz CT molecular complexity index is 520. The molecule has 1 spiro atoms. The molecule has 3 rings (SSSR count). The number of rotatable bonds is 2. The Morgan fingerprint density at radius 1 is 1.33 bits per heavy atom. The Morgan fingerprint density at radius 3 is 2.76 bits per heavy atom. The van der Waals surface area contributed by atoms with Gasteiger partial charge in [0, 0.05) is 11.6 Å². The molecule has 1 atom stereocenters. The van der Waals surface area contributed by atoms with E-state index in [9.17, 15) is 4.79 Å². The van der Waals surface area contributed by atoms with E-state index in [1.807, 2.05) is 6.07 Å². The van der Waals surface area contributed by atoms with Crippen molar-refractivity contribution in [3.05, 3.63) is 19.2 Å². The second-order valence-electron chi connectivity index (χ2n) is 6.17. The van der Waals surface area contributed by atoms with Gasteiger partial charge in [-0.15, -0.1) is 11.3 Å². The van der Waals surface area contributed by atoms with Crippen molar-refractivity contribution in [1.29, 1.82) is 0 Å². The van der Waals surface area contributed by atoms with Gasteiger partial charge in [0.25, 0.3) is 5.91 Å². The van der Waals surface area contributed by atoms with E-state index >= 15 is 0 Å². The molecule has 0 bridgehead atoms. The van der Waals surface area contributed by atoms with Crippen LogP contribution in [0.3, 0.4) is 0 Å². The highest BCUT2D eigenvalue weighted by atomic mass is 79.9. The highest BCUT2D eigenvalue weighted by Crippen LogP contribution is 2.35. The molecular formula is C15H20Br2N2OS. The summed E-state index contributed by atoms with van der Waals surface area (Å²) in [5.74, 6) is 0.0432. The second kappa shape index (κ2) is 6.69. The predicted molar refractivity (Wildman–Crippen MR) is 94.0 cm³/mol. The van der Waals surface area contributed by atoms with Crippen LogP contribution < -0.4 is 10.6 Å². The quantitative estimate of drug-likeness (QED) is 0.719. The van der Waals surface area contributed by atoms with Crippen LogP contribution in [0.15, 0.2) is 13.6 Å². The first-order chi connectivity index (χ1) is 10.1. The van der Waals surface area contributed by atoms with Gasteiger partial charge in [-0.3, -0.25) is 4.79 Å². The maximum absolute atomic E-state index is 12.4. The van der Waals surface area contributed by atoms with Gasteiger partial charge >= 0.3 is 0 Å². The largest absolute Gasteiger partial charge is 0.349 e. The minimum absolute atomic E-state index is 0.0432. The Labute approximate surface area is 146 Å². The van der Waals surface area contributed by atoms with E-state index in [0.29, 0.717) is 6.04 Å². The molecule has 0 radical (unpaired) electrons. The highest BCUT2D eigenvalue weighted by molar-refractivity contribution is 9.12. The van der Waals surface area contributed by atoms with Crippen LogP contribution in [0.4, 0.5) is 0 Å². The third-order valence-electron chi connectivity index (χ3n) is 4.68. The van der Waals surface area contributed by atoms with Gasteiger partial charge in [0.1, 0.15) is 0 Å². The number of amides is 1. The van der Waals surface area contributed by atoms with Crippen LogP contribution >= 0.6 is 43.2 Å². The first kappa shape index (κ1) is 16.0. The second-order valence-corrected chi connectivity index (χ2v) is 9.92. The van der Waals surface area contributed by atoms with Gasteiger partial charge in [-0.25, -0.2) is 0 Å². The van der Waals surface area contributed by atoms with Crippen LogP contribution in [0.25, 0.3) is 0 Å². The Kier molecular flexibility index (Phi) is 5.08. The summed E-state index contributed by atoms with van der Waals surface area (Å²) in [5, 5.41) is 6.96. The van der Waals surface area contributed by atoms with Crippen LogP contribution in [0, 0.1) is 0 Å². The molecule has 6 heteroatoms. The average Bonchev–Trinajstić information content (AvgIpc) is 2.79. The summed E-state index contributed by atoms with van der Waals surface area (Å²) in [5.41, 5.74) is 1.02. The van der Waals surface area contributed by atoms with Gasteiger partial charge in [0.2, 0.25) is 0 Å². The van der Waals surface area contributed by atoms with Gasteiger partial charge < -0.3 is 10.6 Å². The molecule has 1 unspecified atom stereocenters. The van der Waals surface area contributed by atoms with E-state index in [2.05, 4.69) is 42.5 Å². The summed E-state index contributed by atoms with van der Waals surface area (Å²) in [6.45, 7) is 1.01. The Morgan fingerprint density at radius 2 is 2.10 bits per heavy atom. The maximum Gasteiger partial charge on any atom is 0.253 e. The standard InChI is InChI=1S/C15H20Br2N2OS/c16-12-8-11(13(17)21-12)14(20)19-10-4-7-18-15(9-10)5-2-1-3-6-15/h8,10,18H,1-7,9H2,(H,19,20). The van der Waals surface area contributed by atoms with E-state index in [1.54, 1.807) is 11.3 Å². The van der Waals surface area contributed by atoms with E-state index in [0.717, 1.165) is 32.5 Å². The number of nitrogens with one attached hydrogen (secondary N) is 2. The lowest BCUT2D eigenvalue weighted by Gasteiger charge is -2.44. The van der Waals surface area contributed by atoms with E-state index in [4.69, 9.17) is 0 Å². The van der Waals surface area contributed by atoms with Crippen LogP contribution in [0.2, 0.25) is 0 Å². The van der Waals surface area contributed by atoms with E-state index in [-0.39, 0.29) is 11.4 Å². The molecule has 116 valence electrons. The average molecular weight is 436 g/mol. The summed E-state index contributed by atoms with van der Waals surface area (Å²) in [4.78, 5) is 12.4. The SMILES string of the molecule is O=C(NC1CCNC2(CCCCC2)C1)c1cc(Br)sc1Br. The van der Waals surface area contributed by atoms with Gasteiger partial charge in [0.05, 0.1) is 13.1 Å². The van der Waals surface area contributed by atoms with Crippen molar-refractivity contribution in [3.8, 4) is 0 Å². The zero-order valence-corrected chi connectivity index (χ0v) is 15.9. The topological polar surface area (TPSA) is 41.1 Å². The number of piperidine rings is 1. The number of hydrogen-bond donors (Lipinski definition) is 2. The molecule has 0 aromatic carbocycles. The van der Waals surface area contributed by atoms with E-state index < -0.39 is 0 Å². The first-order valence-corrected chi connectivity index (χ1v) is 9.99. The van der Waals surface area contributed by atoms with Crippen LogP contribution in [0.1, 0.15) is 55.3 Å². The molecule has 1 aliphatic carbocycles. The third kappa shape index (κ3) is 3.71. The lowest BCUT2D eigenvalue weighted by Crippen LogP contribution is -2.57. The number of hydrogen-bond acceptors (Lipinski definition) is 3.